The van der Waals surface area contributed by atoms with E-state index in [-0.39, 0.29) is 18.0 Å². The third-order valence-corrected chi connectivity index (χ3v) is 6.49. The number of carbonyl (C=O) groups is 1. The first kappa shape index (κ1) is 20.4. The van der Waals surface area contributed by atoms with Gasteiger partial charge in [0, 0.05) is 17.1 Å². The minimum absolute atomic E-state index is 0.0909. The molecule has 0 saturated heterocycles. The highest BCUT2D eigenvalue weighted by Gasteiger charge is 2.22. The van der Waals surface area contributed by atoms with Crippen LogP contribution in [-0.4, -0.2) is 23.8 Å². The van der Waals surface area contributed by atoms with Gasteiger partial charge in [0.25, 0.3) is 0 Å². The largest absolute Gasteiger partial charge is 0.497 e. The van der Waals surface area contributed by atoms with Crippen LogP contribution in [0.15, 0.2) is 70.2 Å². The summed E-state index contributed by atoms with van der Waals surface area (Å²) in [4.78, 5) is 20.1. The molecule has 30 heavy (non-hydrogen) atoms. The van der Waals surface area contributed by atoms with Crippen molar-refractivity contribution < 1.29 is 18.3 Å². The number of benzene rings is 2. The van der Waals surface area contributed by atoms with Crippen LogP contribution in [0.2, 0.25) is 0 Å². The van der Waals surface area contributed by atoms with Gasteiger partial charge < -0.3 is 9.15 Å². The molecule has 0 radical (unpaired) electrons. The number of carbonyl (C=O) groups excluding carboxylic acids is 1. The maximum Gasteiger partial charge on any atom is 0.230 e. The molecule has 0 fully saturated rings. The van der Waals surface area contributed by atoms with E-state index in [1.807, 2.05) is 24.3 Å². The highest BCUT2D eigenvalue weighted by Crippen LogP contribution is 2.32. The minimum atomic E-state index is -0.393. The van der Waals surface area contributed by atoms with Crippen LogP contribution >= 0.6 is 23.1 Å². The van der Waals surface area contributed by atoms with Crippen LogP contribution in [0.4, 0.5) is 9.52 Å². The van der Waals surface area contributed by atoms with Crippen molar-refractivity contribution >= 4 is 44.4 Å². The summed E-state index contributed by atoms with van der Waals surface area (Å²) in [5.41, 5.74) is 0.280. The Labute approximate surface area is 181 Å². The lowest BCUT2D eigenvalue weighted by atomic mass is 10.3. The fraction of sp³-hybridized carbons (Fsp3) is 0.182. The first-order chi connectivity index (χ1) is 14.6. The predicted molar refractivity (Wildman–Crippen MR) is 118 cm³/mol. The van der Waals surface area contributed by atoms with Gasteiger partial charge in [-0.15, -0.1) is 11.8 Å². The maximum atomic E-state index is 14.1. The second-order valence-corrected chi connectivity index (χ2v) is 8.59. The van der Waals surface area contributed by atoms with Gasteiger partial charge in [0.2, 0.25) is 5.91 Å². The van der Waals surface area contributed by atoms with Crippen LogP contribution in [-0.2, 0) is 11.3 Å². The number of fused-ring (bicyclic) bond motifs is 1. The van der Waals surface area contributed by atoms with Crippen LogP contribution in [0.3, 0.4) is 0 Å². The number of hydrogen-bond acceptors (Lipinski definition) is 6. The quantitative estimate of drug-likeness (QED) is 0.325. The van der Waals surface area contributed by atoms with Gasteiger partial charge in [-0.3, -0.25) is 9.69 Å². The second kappa shape index (κ2) is 9.32. The minimum Gasteiger partial charge on any atom is -0.497 e. The van der Waals surface area contributed by atoms with Gasteiger partial charge in [-0.25, -0.2) is 9.37 Å². The summed E-state index contributed by atoms with van der Waals surface area (Å²) in [7, 11) is 1.63. The highest BCUT2D eigenvalue weighted by molar-refractivity contribution is 7.99. The SMILES string of the molecule is COc1ccc(SCCC(=O)N(Cc2ccco2)c2nc3c(F)cccc3s2)cc1. The molecule has 0 aliphatic carbocycles. The summed E-state index contributed by atoms with van der Waals surface area (Å²) < 4.78 is 25.4. The Bertz CT molecular complexity index is 1130. The number of thiazole rings is 1. The monoisotopic (exact) mass is 442 g/mol. The van der Waals surface area contributed by atoms with E-state index in [2.05, 4.69) is 4.98 Å². The van der Waals surface area contributed by atoms with Crippen molar-refractivity contribution in [1.29, 1.82) is 0 Å². The molecule has 2 heterocycles. The van der Waals surface area contributed by atoms with Crippen LogP contribution in [0, 0.1) is 5.82 Å². The van der Waals surface area contributed by atoms with Crippen molar-refractivity contribution in [2.24, 2.45) is 0 Å². The third-order valence-electron chi connectivity index (χ3n) is 4.43. The Morgan fingerprint density at radius 1 is 1.20 bits per heavy atom. The Morgan fingerprint density at radius 2 is 2.03 bits per heavy atom. The number of nitrogens with zero attached hydrogens (tertiary/aromatic N) is 2. The summed E-state index contributed by atoms with van der Waals surface area (Å²) in [6.45, 7) is 0.250. The second-order valence-electron chi connectivity index (χ2n) is 6.42. The van der Waals surface area contributed by atoms with Crippen molar-refractivity contribution in [3.8, 4) is 5.75 Å². The van der Waals surface area contributed by atoms with Gasteiger partial charge in [-0.1, -0.05) is 17.4 Å². The molecule has 0 saturated carbocycles. The highest BCUT2D eigenvalue weighted by atomic mass is 32.2. The molecule has 4 aromatic rings. The number of ether oxygens (including phenoxy) is 1. The van der Waals surface area contributed by atoms with E-state index >= 15 is 0 Å². The van der Waals surface area contributed by atoms with Crippen molar-refractivity contribution in [2.45, 2.75) is 17.9 Å². The van der Waals surface area contributed by atoms with E-state index in [1.54, 1.807) is 54.3 Å². The third kappa shape index (κ3) is 4.66. The van der Waals surface area contributed by atoms with Crippen LogP contribution in [0.25, 0.3) is 10.2 Å². The zero-order chi connectivity index (χ0) is 20.9. The molecule has 2 aromatic carbocycles. The maximum absolute atomic E-state index is 14.1. The van der Waals surface area contributed by atoms with E-state index in [9.17, 15) is 9.18 Å². The molecule has 0 bridgehead atoms. The zero-order valence-corrected chi connectivity index (χ0v) is 17.8. The number of para-hydroxylation sites is 1. The van der Waals surface area contributed by atoms with Gasteiger partial charge in [0.05, 0.1) is 24.6 Å². The summed E-state index contributed by atoms with van der Waals surface area (Å²) >= 11 is 2.89. The van der Waals surface area contributed by atoms with Gasteiger partial charge in [-0.05, 0) is 48.5 Å². The molecule has 2 aromatic heterocycles. The number of thioether (sulfide) groups is 1. The van der Waals surface area contributed by atoms with E-state index < -0.39 is 5.82 Å². The lowest BCUT2D eigenvalue weighted by Gasteiger charge is -2.18. The number of furan rings is 1. The Morgan fingerprint density at radius 3 is 2.73 bits per heavy atom. The number of hydrogen-bond donors (Lipinski definition) is 0. The number of rotatable bonds is 8. The van der Waals surface area contributed by atoms with Gasteiger partial charge in [0.1, 0.15) is 22.8 Å². The number of methoxy groups -OCH3 is 1. The predicted octanol–water partition coefficient (Wildman–Crippen LogP) is 5.75. The number of halogens is 1. The van der Waals surface area contributed by atoms with Gasteiger partial charge in [0.15, 0.2) is 5.13 Å². The Kier molecular flexibility index (Phi) is 6.35. The van der Waals surface area contributed by atoms with Crippen LogP contribution < -0.4 is 9.64 Å². The van der Waals surface area contributed by atoms with Gasteiger partial charge in [-0.2, -0.15) is 0 Å². The standard InChI is InChI=1S/C22H19FN2O3S2/c1-27-15-7-9-17(10-8-15)29-13-11-20(26)25(14-16-4-3-12-28-16)22-24-21-18(23)5-2-6-19(21)30-22/h2-10,12H,11,13-14H2,1H3. The summed E-state index contributed by atoms with van der Waals surface area (Å²) in [5, 5.41) is 0.464. The fourth-order valence-corrected chi connectivity index (χ4v) is 4.74. The molecule has 154 valence electrons. The number of anilines is 1. The average molecular weight is 443 g/mol. The van der Waals surface area contributed by atoms with E-state index in [4.69, 9.17) is 9.15 Å². The molecule has 0 unspecified atom stereocenters. The van der Waals surface area contributed by atoms with Crippen LogP contribution in [0.5, 0.6) is 5.75 Å². The van der Waals surface area contributed by atoms with Crippen molar-refractivity contribution in [3.63, 3.8) is 0 Å². The normalized spacial score (nSPS) is 11.0. The van der Waals surface area contributed by atoms with Crippen molar-refractivity contribution in [1.82, 2.24) is 4.98 Å². The summed E-state index contributed by atoms with van der Waals surface area (Å²) in [6.07, 6.45) is 1.88. The summed E-state index contributed by atoms with van der Waals surface area (Å²) in [5.74, 6) is 1.57. The molecule has 8 heteroatoms. The van der Waals surface area contributed by atoms with E-state index in [0.717, 1.165) is 10.6 Å². The lowest BCUT2D eigenvalue weighted by Crippen LogP contribution is -2.30. The smallest absolute Gasteiger partial charge is 0.230 e. The lowest BCUT2D eigenvalue weighted by molar-refractivity contribution is -0.118. The van der Waals surface area contributed by atoms with Crippen molar-refractivity contribution in [3.05, 3.63) is 72.4 Å². The average Bonchev–Trinajstić information content (AvgIpc) is 3.43. The number of amides is 1. The first-order valence-electron chi connectivity index (χ1n) is 9.28. The molecule has 5 nitrogen and oxygen atoms in total. The molecule has 0 aliphatic heterocycles. The first-order valence-corrected chi connectivity index (χ1v) is 11.1. The van der Waals surface area contributed by atoms with E-state index in [1.165, 1.54) is 17.4 Å². The fourth-order valence-electron chi connectivity index (χ4n) is 2.90. The Balaban J connectivity index is 1.49. The number of aromatic nitrogens is 1. The van der Waals surface area contributed by atoms with Crippen LogP contribution in [0.1, 0.15) is 12.2 Å². The molecule has 0 spiro atoms. The van der Waals surface area contributed by atoms with E-state index in [0.29, 0.717) is 27.8 Å². The van der Waals surface area contributed by atoms with Gasteiger partial charge >= 0.3 is 0 Å². The topological polar surface area (TPSA) is 55.6 Å². The summed E-state index contributed by atoms with van der Waals surface area (Å²) in [6, 6.07) is 16.1. The zero-order valence-electron chi connectivity index (χ0n) is 16.2. The van der Waals surface area contributed by atoms with Crippen molar-refractivity contribution in [2.75, 3.05) is 17.8 Å². The molecule has 0 aliphatic rings. The molecule has 0 N–H and O–H groups in total. The molecular weight excluding hydrogens is 423 g/mol. The molecular formula is C22H19FN2O3S2. The molecule has 4 rings (SSSR count). The Hall–Kier alpha value is -2.84. The molecule has 0 atom stereocenters. The molecule has 1 amide bonds.